The molecule has 0 amide bonds. The lowest BCUT2D eigenvalue weighted by atomic mass is 10.4. The molecular formula is C6H7N3O2. The molecule has 0 spiro atoms. The zero-order chi connectivity index (χ0) is 8.27. The van der Waals surface area contributed by atoms with Gasteiger partial charge < -0.3 is 0 Å². The van der Waals surface area contributed by atoms with Gasteiger partial charge in [0.25, 0.3) is 0 Å². The van der Waals surface area contributed by atoms with Crippen LogP contribution in [-0.2, 0) is 6.54 Å². The van der Waals surface area contributed by atoms with E-state index in [9.17, 15) is 10.1 Å². The maximum atomic E-state index is 10.0. The molecule has 0 radical (unpaired) electrons. The van der Waals surface area contributed by atoms with Gasteiger partial charge in [-0.15, -0.1) is 0 Å². The monoisotopic (exact) mass is 153 g/mol. The van der Waals surface area contributed by atoms with E-state index in [2.05, 4.69) is 9.97 Å². The van der Waals surface area contributed by atoms with Crippen LogP contribution in [0.15, 0.2) is 12.3 Å². The molecule has 1 heterocycles. The third-order valence-corrected chi connectivity index (χ3v) is 1.12. The minimum atomic E-state index is -0.415. The Morgan fingerprint density at radius 1 is 1.73 bits per heavy atom. The molecule has 0 aliphatic rings. The van der Waals surface area contributed by atoms with Crippen molar-refractivity contribution in [1.29, 1.82) is 0 Å². The second-order valence-corrected chi connectivity index (χ2v) is 2.09. The topological polar surface area (TPSA) is 68.9 Å². The largest absolute Gasteiger partial charge is 0.264 e. The fraction of sp³-hybridized carbons (Fsp3) is 0.333. The highest BCUT2D eigenvalue weighted by Crippen LogP contribution is 1.95. The van der Waals surface area contributed by atoms with E-state index in [4.69, 9.17) is 0 Å². The fourth-order valence-corrected chi connectivity index (χ4v) is 0.725. The molecule has 11 heavy (non-hydrogen) atoms. The Kier molecular flexibility index (Phi) is 2.10. The molecule has 0 aliphatic heterocycles. The molecule has 0 N–H and O–H groups in total. The van der Waals surface area contributed by atoms with Crippen molar-refractivity contribution in [3.8, 4) is 0 Å². The summed E-state index contributed by atoms with van der Waals surface area (Å²) in [4.78, 5) is 17.3. The second-order valence-electron chi connectivity index (χ2n) is 2.09. The number of rotatable bonds is 2. The van der Waals surface area contributed by atoms with E-state index in [1.807, 2.05) is 0 Å². The molecule has 5 heteroatoms. The van der Waals surface area contributed by atoms with Crippen LogP contribution in [0.2, 0.25) is 0 Å². The quantitative estimate of drug-likeness (QED) is 0.460. The SMILES string of the molecule is Cc1nccc(C[N+](=O)[O-])n1. The molecule has 0 saturated heterocycles. The van der Waals surface area contributed by atoms with Crippen molar-refractivity contribution in [2.45, 2.75) is 13.5 Å². The van der Waals surface area contributed by atoms with Gasteiger partial charge in [-0.3, -0.25) is 10.1 Å². The van der Waals surface area contributed by atoms with Gasteiger partial charge in [-0.2, -0.15) is 0 Å². The van der Waals surface area contributed by atoms with Crippen molar-refractivity contribution in [1.82, 2.24) is 9.97 Å². The van der Waals surface area contributed by atoms with Crippen molar-refractivity contribution in [3.63, 3.8) is 0 Å². The van der Waals surface area contributed by atoms with Crippen molar-refractivity contribution in [2.75, 3.05) is 0 Å². The third-order valence-electron chi connectivity index (χ3n) is 1.12. The van der Waals surface area contributed by atoms with Gasteiger partial charge in [0, 0.05) is 11.1 Å². The first-order valence-corrected chi connectivity index (χ1v) is 3.09. The summed E-state index contributed by atoms with van der Waals surface area (Å²) in [7, 11) is 0. The van der Waals surface area contributed by atoms with E-state index in [0.717, 1.165) is 0 Å². The Bertz CT molecular complexity index is 274. The number of aryl methyl sites for hydroxylation is 1. The minimum Gasteiger partial charge on any atom is -0.264 e. The summed E-state index contributed by atoms with van der Waals surface area (Å²) in [6.07, 6.45) is 1.52. The number of nitro groups is 1. The Hall–Kier alpha value is -1.52. The van der Waals surface area contributed by atoms with E-state index < -0.39 is 4.92 Å². The van der Waals surface area contributed by atoms with Crippen LogP contribution in [0.1, 0.15) is 11.5 Å². The molecule has 0 saturated carbocycles. The Labute approximate surface area is 63.3 Å². The normalized spacial score (nSPS) is 9.55. The molecule has 0 atom stereocenters. The van der Waals surface area contributed by atoms with Crippen LogP contribution in [0.5, 0.6) is 0 Å². The summed E-state index contributed by atoms with van der Waals surface area (Å²) in [5.74, 6) is 0.560. The van der Waals surface area contributed by atoms with Crippen molar-refractivity contribution < 1.29 is 4.92 Å². The van der Waals surface area contributed by atoms with E-state index in [1.54, 1.807) is 6.92 Å². The molecule has 1 aromatic rings. The lowest BCUT2D eigenvalue weighted by Crippen LogP contribution is -2.02. The Morgan fingerprint density at radius 2 is 2.45 bits per heavy atom. The summed E-state index contributed by atoms with van der Waals surface area (Å²) in [6.45, 7) is 1.47. The summed E-state index contributed by atoms with van der Waals surface area (Å²) >= 11 is 0. The smallest absolute Gasteiger partial charge is 0.245 e. The van der Waals surface area contributed by atoms with Crippen LogP contribution in [0.25, 0.3) is 0 Å². The van der Waals surface area contributed by atoms with Crippen molar-refractivity contribution >= 4 is 0 Å². The van der Waals surface area contributed by atoms with Gasteiger partial charge in [-0.05, 0) is 13.0 Å². The first kappa shape index (κ1) is 7.59. The van der Waals surface area contributed by atoms with Crippen molar-refractivity contribution in [2.24, 2.45) is 0 Å². The number of aromatic nitrogens is 2. The highest BCUT2D eigenvalue weighted by atomic mass is 16.6. The summed E-state index contributed by atoms with van der Waals surface area (Å²) in [6, 6.07) is 1.54. The number of hydrogen-bond acceptors (Lipinski definition) is 4. The summed E-state index contributed by atoms with van der Waals surface area (Å²) in [5.41, 5.74) is 0.447. The standard InChI is InChI=1S/C6H7N3O2/c1-5-7-3-2-6(8-5)4-9(10)11/h2-3H,4H2,1H3. The molecule has 0 aliphatic carbocycles. The number of hydrogen-bond donors (Lipinski definition) is 0. The van der Waals surface area contributed by atoms with Crippen LogP contribution >= 0.6 is 0 Å². The van der Waals surface area contributed by atoms with E-state index in [1.165, 1.54) is 12.3 Å². The first-order valence-electron chi connectivity index (χ1n) is 3.09. The number of nitrogens with zero attached hydrogens (tertiary/aromatic N) is 3. The molecule has 0 bridgehead atoms. The van der Waals surface area contributed by atoms with Crippen LogP contribution in [0.4, 0.5) is 0 Å². The second kappa shape index (κ2) is 3.05. The van der Waals surface area contributed by atoms with Crippen LogP contribution in [-0.4, -0.2) is 14.9 Å². The molecule has 1 aromatic heterocycles. The molecular weight excluding hydrogens is 146 g/mol. The predicted molar refractivity (Wildman–Crippen MR) is 37.5 cm³/mol. The highest BCUT2D eigenvalue weighted by Gasteiger charge is 2.01. The van der Waals surface area contributed by atoms with Gasteiger partial charge in [0.2, 0.25) is 6.54 Å². The van der Waals surface area contributed by atoms with E-state index >= 15 is 0 Å². The maximum absolute atomic E-state index is 10.0. The lowest BCUT2D eigenvalue weighted by Gasteiger charge is -1.93. The zero-order valence-electron chi connectivity index (χ0n) is 6.02. The zero-order valence-corrected chi connectivity index (χ0v) is 6.02. The summed E-state index contributed by atoms with van der Waals surface area (Å²) < 4.78 is 0. The molecule has 58 valence electrons. The molecule has 0 unspecified atom stereocenters. The van der Waals surface area contributed by atoms with Crippen LogP contribution in [0, 0.1) is 17.0 Å². The third kappa shape index (κ3) is 2.29. The minimum absolute atomic E-state index is 0.233. The van der Waals surface area contributed by atoms with Gasteiger partial charge in [0.1, 0.15) is 11.5 Å². The molecule has 0 aromatic carbocycles. The predicted octanol–water partition coefficient (Wildman–Crippen LogP) is 0.562. The van der Waals surface area contributed by atoms with Gasteiger partial charge in [0.15, 0.2) is 0 Å². The van der Waals surface area contributed by atoms with Gasteiger partial charge in [0.05, 0.1) is 0 Å². The highest BCUT2D eigenvalue weighted by molar-refractivity contribution is 4.99. The van der Waals surface area contributed by atoms with Crippen LogP contribution in [0.3, 0.4) is 0 Å². The Balaban J connectivity index is 2.79. The molecule has 5 nitrogen and oxygen atoms in total. The fourth-order valence-electron chi connectivity index (χ4n) is 0.725. The van der Waals surface area contributed by atoms with E-state index in [0.29, 0.717) is 11.5 Å². The molecule has 1 rings (SSSR count). The first-order chi connectivity index (χ1) is 5.18. The lowest BCUT2D eigenvalue weighted by molar-refractivity contribution is -0.497. The van der Waals surface area contributed by atoms with Gasteiger partial charge in [-0.25, -0.2) is 9.97 Å². The average Bonchev–Trinajstić information content (AvgIpc) is 1.85. The average molecular weight is 153 g/mol. The van der Waals surface area contributed by atoms with Crippen molar-refractivity contribution in [3.05, 3.63) is 33.9 Å². The summed E-state index contributed by atoms with van der Waals surface area (Å²) in [5, 5.41) is 10.0. The van der Waals surface area contributed by atoms with Gasteiger partial charge >= 0.3 is 0 Å². The van der Waals surface area contributed by atoms with Crippen LogP contribution < -0.4 is 0 Å². The maximum Gasteiger partial charge on any atom is 0.245 e. The van der Waals surface area contributed by atoms with E-state index in [-0.39, 0.29) is 6.54 Å². The molecule has 0 fully saturated rings. The van der Waals surface area contributed by atoms with Gasteiger partial charge in [-0.1, -0.05) is 0 Å². The Morgan fingerprint density at radius 3 is 3.00 bits per heavy atom.